The summed E-state index contributed by atoms with van der Waals surface area (Å²) in [5, 5.41) is 3.79. The van der Waals surface area contributed by atoms with Crippen LogP contribution in [0.1, 0.15) is 24.3 Å². The van der Waals surface area contributed by atoms with E-state index in [4.69, 9.17) is 9.26 Å². The van der Waals surface area contributed by atoms with Gasteiger partial charge in [0.1, 0.15) is 5.82 Å². The first-order valence-electron chi connectivity index (χ1n) is 7.20. The van der Waals surface area contributed by atoms with E-state index in [-0.39, 0.29) is 35.1 Å². The zero-order chi connectivity index (χ0) is 15.7. The zero-order valence-electron chi connectivity index (χ0n) is 12.5. The Hall–Kier alpha value is -2.21. The average Bonchev–Trinajstić information content (AvgIpc) is 2.99. The highest BCUT2D eigenvalue weighted by Gasteiger charge is 2.30. The molecular weight excluding hydrogens is 287 g/mol. The predicted octanol–water partition coefficient (Wildman–Crippen LogP) is 2.73. The van der Waals surface area contributed by atoms with Crippen molar-refractivity contribution in [3.05, 3.63) is 41.8 Å². The maximum atomic E-state index is 13.8. The van der Waals surface area contributed by atoms with Gasteiger partial charge in [-0.25, -0.2) is 4.39 Å². The molecule has 0 unspecified atom stereocenters. The number of carbonyl (C=O) groups is 1. The van der Waals surface area contributed by atoms with Crippen LogP contribution < -0.4 is 0 Å². The predicted molar refractivity (Wildman–Crippen MR) is 77.8 cm³/mol. The van der Waals surface area contributed by atoms with Gasteiger partial charge in [0.05, 0.1) is 24.3 Å². The average molecular weight is 304 g/mol. The van der Waals surface area contributed by atoms with E-state index in [0.29, 0.717) is 13.2 Å². The van der Waals surface area contributed by atoms with Crippen LogP contribution in [0.5, 0.6) is 0 Å². The van der Waals surface area contributed by atoms with Crippen LogP contribution in [-0.4, -0.2) is 41.3 Å². The lowest BCUT2D eigenvalue weighted by Crippen LogP contribution is -2.50. The van der Waals surface area contributed by atoms with E-state index in [1.165, 1.54) is 12.1 Å². The van der Waals surface area contributed by atoms with E-state index in [1.807, 2.05) is 13.8 Å². The molecule has 1 aliphatic rings. The summed E-state index contributed by atoms with van der Waals surface area (Å²) >= 11 is 0. The van der Waals surface area contributed by atoms with E-state index in [2.05, 4.69) is 5.16 Å². The molecule has 0 N–H and O–H groups in total. The first-order chi connectivity index (χ1) is 10.6. The van der Waals surface area contributed by atoms with Crippen LogP contribution in [0.3, 0.4) is 0 Å². The Kier molecular flexibility index (Phi) is 3.94. The lowest BCUT2D eigenvalue weighted by atomic mass is 10.1. The molecule has 5 nitrogen and oxygen atoms in total. The van der Waals surface area contributed by atoms with Crippen LogP contribution in [-0.2, 0) is 4.74 Å². The first kappa shape index (κ1) is 14.7. The topological polar surface area (TPSA) is 55.6 Å². The zero-order valence-corrected chi connectivity index (χ0v) is 12.5. The van der Waals surface area contributed by atoms with Gasteiger partial charge in [-0.15, -0.1) is 0 Å². The quantitative estimate of drug-likeness (QED) is 0.856. The summed E-state index contributed by atoms with van der Waals surface area (Å²) in [5.74, 6) is -0.393. The molecule has 0 aliphatic carbocycles. The van der Waals surface area contributed by atoms with E-state index in [0.717, 1.165) is 0 Å². The monoisotopic (exact) mass is 304 g/mol. The van der Waals surface area contributed by atoms with E-state index >= 15 is 0 Å². The lowest BCUT2D eigenvalue weighted by molar-refractivity contribution is -0.0390. The van der Waals surface area contributed by atoms with Crippen LogP contribution in [0, 0.1) is 5.82 Å². The molecule has 2 heterocycles. The Balaban J connectivity index is 1.84. The molecule has 1 saturated heterocycles. The maximum Gasteiger partial charge on any atom is 0.276 e. The second-order valence-corrected chi connectivity index (χ2v) is 5.51. The number of hydrogen-bond acceptors (Lipinski definition) is 4. The number of nitrogens with zero attached hydrogens (tertiary/aromatic N) is 2. The fraction of sp³-hybridized carbons (Fsp3) is 0.375. The summed E-state index contributed by atoms with van der Waals surface area (Å²) in [5.41, 5.74) is 0.469. The number of ether oxygens (including phenoxy) is 1. The van der Waals surface area contributed by atoms with Gasteiger partial charge in [-0.2, -0.15) is 0 Å². The van der Waals surface area contributed by atoms with Gasteiger partial charge in [0.25, 0.3) is 5.91 Å². The highest BCUT2D eigenvalue weighted by atomic mass is 19.1. The summed E-state index contributed by atoms with van der Waals surface area (Å²) < 4.78 is 24.4. The highest BCUT2D eigenvalue weighted by molar-refractivity contribution is 5.93. The molecule has 0 spiro atoms. The Morgan fingerprint density at radius 3 is 2.91 bits per heavy atom. The van der Waals surface area contributed by atoms with Crippen molar-refractivity contribution < 1.29 is 18.4 Å². The number of rotatable bonds is 2. The molecule has 6 heteroatoms. The normalized spacial score (nSPS) is 21.9. The van der Waals surface area contributed by atoms with Gasteiger partial charge in [0.2, 0.25) is 0 Å². The van der Waals surface area contributed by atoms with Crippen LogP contribution in [0.15, 0.2) is 34.9 Å². The molecule has 22 heavy (non-hydrogen) atoms. The number of amides is 1. The fourth-order valence-electron chi connectivity index (χ4n) is 2.50. The summed E-state index contributed by atoms with van der Waals surface area (Å²) in [6.07, 6.45) is -0.0157. The molecule has 0 radical (unpaired) electrons. The number of carbonyl (C=O) groups excluding carboxylic acids is 1. The second-order valence-electron chi connectivity index (χ2n) is 5.51. The van der Waals surface area contributed by atoms with E-state index in [9.17, 15) is 9.18 Å². The number of hydrogen-bond donors (Lipinski definition) is 0. The Labute approximate surface area is 127 Å². The van der Waals surface area contributed by atoms with Gasteiger partial charge in [-0.1, -0.05) is 17.3 Å². The molecule has 2 atom stereocenters. The molecule has 116 valence electrons. The van der Waals surface area contributed by atoms with Gasteiger partial charge < -0.3 is 14.2 Å². The van der Waals surface area contributed by atoms with Crippen LogP contribution in [0.2, 0.25) is 0 Å². The van der Waals surface area contributed by atoms with Crippen molar-refractivity contribution in [3.8, 4) is 11.3 Å². The Bertz CT molecular complexity index is 686. The molecule has 3 rings (SSSR count). The lowest BCUT2D eigenvalue weighted by Gasteiger charge is -2.36. The van der Waals surface area contributed by atoms with Gasteiger partial charge in [-0.3, -0.25) is 4.79 Å². The van der Waals surface area contributed by atoms with Gasteiger partial charge in [0, 0.05) is 12.6 Å². The van der Waals surface area contributed by atoms with E-state index in [1.54, 1.807) is 23.1 Å². The smallest absolute Gasteiger partial charge is 0.276 e. The number of morpholine rings is 1. The summed E-state index contributed by atoms with van der Waals surface area (Å²) in [6, 6.07) is 7.67. The van der Waals surface area contributed by atoms with Crippen molar-refractivity contribution in [2.24, 2.45) is 0 Å². The number of aromatic nitrogens is 1. The molecule has 1 amide bonds. The minimum absolute atomic E-state index is 0.0157. The van der Waals surface area contributed by atoms with Crippen molar-refractivity contribution in [2.45, 2.75) is 26.0 Å². The molecule has 1 aromatic heterocycles. The molecule has 0 saturated carbocycles. The van der Waals surface area contributed by atoms with Crippen LogP contribution in [0.25, 0.3) is 11.3 Å². The van der Waals surface area contributed by atoms with Crippen LogP contribution >= 0.6 is 0 Å². The summed E-state index contributed by atoms with van der Waals surface area (Å²) in [4.78, 5) is 14.2. The van der Waals surface area contributed by atoms with Gasteiger partial charge >= 0.3 is 0 Å². The third-order valence-electron chi connectivity index (χ3n) is 3.74. The molecule has 1 fully saturated rings. The van der Waals surface area contributed by atoms with E-state index < -0.39 is 5.82 Å². The largest absolute Gasteiger partial charge is 0.375 e. The standard InChI is InChI=1S/C16H17FN2O3/c1-10-9-21-11(2)8-19(10)16(20)14-7-15(22-18-14)12-5-3-4-6-13(12)17/h3-7,10-11H,8-9H2,1-2H3/t10-,11+/m1/s1. The summed E-state index contributed by atoms with van der Waals surface area (Å²) in [7, 11) is 0. The van der Waals surface area contributed by atoms with Gasteiger partial charge in [0.15, 0.2) is 11.5 Å². The van der Waals surface area contributed by atoms with Crippen molar-refractivity contribution in [1.29, 1.82) is 0 Å². The van der Waals surface area contributed by atoms with Gasteiger partial charge in [-0.05, 0) is 26.0 Å². The van der Waals surface area contributed by atoms with Crippen molar-refractivity contribution >= 4 is 5.91 Å². The summed E-state index contributed by atoms with van der Waals surface area (Å²) in [6.45, 7) is 4.83. The Morgan fingerprint density at radius 2 is 2.14 bits per heavy atom. The molecule has 0 bridgehead atoms. The van der Waals surface area contributed by atoms with Crippen molar-refractivity contribution in [2.75, 3.05) is 13.2 Å². The second kappa shape index (κ2) is 5.88. The number of benzene rings is 1. The maximum absolute atomic E-state index is 13.8. The fourth-order valence-corrected chi connectivity index (χ4v) is 2.50. The molecule has 2 aromatic rings. The molecule has 1 aromatic carbocycles. The third kappa shape index (κ3) is 2.74. The Morgan fingerprint density at radius 1 is 1.36 bits per heavy atom. The third-order valence-corrected chi connectivity index (χ3v) is 3.74. The molecular formula is C16H17FN2O3. The van der Waals surface area contributed by atoms with Crippen molar-refractivity contribution in [3.63, 3.8) is 0 Å². The van der Waals surface area contributed by atoms with Crippen LogP contribution in [0.4, 0.5) is 4.39 Å². The molecule has 1 aliphatic heterocycles. The number of halogens is 1. The highest BCUT2D eigenvalue weighted by Crippen LogP contribution is 2.24. The SMILES string of the molecule is C[C@@H]1CO[C@@H](C)CN1C(=O)c1cc(-c2ccccc2F)on1. The minimum Gasteiger partial charge on any atom is -0.375 e. The minimum atomic E-state index is -0.411. The first-order valence-corrected chi connectivity index (χ1v) is 7.20. The van der Waals surface area contributed by atoms with Crippen molar-refractivity contribution in [1.82, 2.24) is 10.1 Å².